The minimum atomic E-state index is -0.0274. The molecule has 0 aliphatic carbocycles. The van der Waals surface area contributed by atoms with E-state index in [1.807, 2.05) is 11.8 Å². The molecule has 6 nitrogen and oxygen atoms in total. The van der Waals surface area contributed by atoms with Gasteiger partial charge in [-0.25, -0.2) is 4.79 Å². The van der Waals surface area contributed by atoms with Crippen molar-refractivity contribution in [3.8, 4) is 0 Å². The molecule has 4 N–H and O–H groups in total. The number of hydrogen-bond acceptors (Lipinski definition) is 4. The zero-order valence-corrected chi connectivity index (χ0v) is 13.0. The van der Waals surface area contributed by atoms with Crippen LogP contribution < -0.4 is 16.0 Å². The minimum Gasteiger partial charge on any atom is -0.351 e. The number of carbonyl (C=O) groups is 2. The van der Waals surface area contributed by atoms with Crippen LogP contribution in [0.2, 0.25) is 0 Å². The van der Waals surface area contributed by atoms with E-state index >= 15 is 0 Å². The molecule has 2 fully saturated rings. The highest BCUT2D eigenvalue weighted by Gasteiger charge is 2.39. The van der Waals surface area contributed by atoms with E-state index in [1.54, 1.807) is 0 Å². The molecule has 0 aromatic carbocycles. The first-order valence-corrected chi connectivity index (χ1v) is 8.76. The van der Waals surface area contributed by atoms with Gasteiger partial charge < -0.3 is 21.4 Å². The highest BCUT2D eigenvalue weighted by molar-refractivity contribution is 7.99. The zero-order chi connectivity index (χ0) is 15.1. The third-order valence-electron chi connectivity index (χ3n) is 4.06. The zero-order valence-electron chi connectivity index (χ0n) is 12.2. The predicted molar refractivity (Wildman–Crippen MR) is 84.9 cm³/mol. The first-order valence-electron chi connectivity index (χ1n) is 7.61. The molecule has 118 valence electrons. The molecule has 0 bridgehead atoms. The van der Waals surface area contributed by atoms with E-state index in [-0.39, 0.29) is 24.0 Å². The lowest BCUT2D eigenvalue weighted by Crippen LogP contribution is -2.45. The van der Waals surface area contributed by atoms with Crippen LogP contribution in [0.1, 0.15) is 32.1 Å². The molecule has 3 amide bonds. The van der Waals surface area contributed by atoms with Crippen LogP contribution >= 0.6 is 11.8 Å². The van der Waals surface area contributed by atoms with Gasteiger partial charge in [-0.15, -0.1) is 0 Å². The summed E-state index contributed by atoms with van der Waals surface area (Å²) in [4.78, 5) is 22.8. The van der Waals surface area contributed by atoms with Gasteiger partial charge in [0.1, 0.15) is 0 Å². The molecule has 21 heavy (non-hydrogen) atoms. The molecule has 0 spiro atoms. The van der Waals surface area contributed by atoms with Crippen molar-refractivity contribution in [1.29, 1.82) is 5.41 Å². The average molecular weight is 312 g/mol. The Kier molecular flexibility index (Phi) is 6.35. The molecule has 2 aliphatic rings. The summed E-state index contributed by atoms with van der Waals surface area (Å²) in [6, 6.07) is 0.545. The average Bonchev–Trinajstić information content (AvgIpc) is 2.85. The summed E-state index contributed by atoms with van der Waals surface area (Å²) in [6.45, 7) is 0.327. The quantitative estimate of drug-likeness (QED) is 0.399. The molecule has 2 saturated heterocycles. The summed E-state index contributed by atoms with van der Waals surface area (Å²) in [5.74, 6) is 2.69. The van der Waals surface area contributed by atoms with Crippen LogP contribution in [0.5, 0.6) is 0 Å². The fourth-order valence-electron chi connectivity index (χ4n) is 2.98. The molecule has 0 aromatic heterocycles. The van der Waals surface area contributed by atoms with Crippen LogP contribution in [0.25, 0.3) is 0 Å². The van der Waals surface area contributed by atoms with E-state index in [0.717, 1.165) is 37.2 Å². The molecule has 3 atom stereocenters. The van der Waals surface area contributed by atoms with Crippen molar-refractivity contribution in [1.82, 2.24) is 16.0 Å². The molecule has 0 saturated carbocycles. The molecular formula is C14H24N4O2S. The first kappa shape index (κ1) is 16.1. The molecule has 0 unspecified atom stereocenters. The van der Waals surface area contributed by atoms with Crippen molar-refractivity contribution in [2.75, 3.05) is 18.1 Å². The summed E-state index contributed by atoms with van der Waals surface area (Å²) in [5, 5.41) is 15.5. The van der Waals surface area contributed by atoms with Crippen LogP contribution in [0.4, 0.5) is 4.79 Å². The Balaban J connectivity index is 1.59. The molecule has 0 radical (unpaired) electrons. The Labute approximate surface area is 129 Å². The fraction of sp³-hybridized carbons (Fsp3) is 0.786. The van der Waals surface area contributed by atoms with Crippen molar-refractivity contribution >= 4 is 29.9 Å². The second kappa shape index (κ2) is 8.26. The van der Waals surface area contributed by atoms with E-state index in [9.17, 15) is 9.59 Å². The lowest BCUT2D eigenvalue weighted by atomic mass is 9.91. The monoisotopic (exact) mass is 312 g/mol. The van der Waals surface area contributed by atoms with Gasteiger partial charge in [-0.2, -0.15) is 11.8 Å². The van der Waals surface area contributed by atoms with Gasteiger partial charge in [-0.05, 0) is 24.5 Å². The third kappa shape index (κ3) is 4.91. The van der Waals surface area contributed by atoms with Crippen LogP contribution in [0.3, 0.4) is 0 Å². The summed E-state index contributed by atoms with van der Waals surface area (Å²) in [5.41, 5.74) is 0. The third-order valence-corrected chi connectivity index (χ3v) is 5.32. The minimum absolute atomic E-state index is 0.0269. The molecule has 7 heteroatoms. The Hall–Kier alpha value is -1.24. The second-order valence-electron chi connectivity index (χ2n) is 5.66. The lowest BCUT2D eigenvalue weighted by molar-refractivity contribution is -0.120. The van der Waals surface area contributed by atoms with Gasteiger partial charge in [-0.1, -0.05) is 12.8 Å². The maximum Gasteiger partial charge on any atom is 0.315 e. The first-order chi connectivity index (χ1) is 10.2. The number of nitrogens with one attached hydrogen (secondary N) is 4. The van der Waals surface area contributed by atoms with Gasteiger partial charge in [0.2, 0.25) is 5.91 Å². The van der Waals surface area contributed by atoms with Crippen LogP contribution in [-0.4, -0.2) is 48.3 Å². The standard InChI is InChI=1S/C14H24N4O2S/c15-6-7-16-12(19)5-3-1-2-4-10-8-21-9-11-13(10)18-14(20)17-11/h6,10-11,13,15H,1-5,7-9H2,(H,16,19)(H2,17,18,20)/t10-,11+,13-/m1/s1. The van der Waals surface area contributed by atoms with E-state index in [1.165, 1.54) is 6.21 Å². The Morgan fingerprint density at radius 1 is 1.33 bits per heavy atom. The maximum atomic E-state index is 11.4. The summed E-state index contributed by atoms with van der Waals surface area (Å²) >= 11 is 1.92. The van der Waals surface area contributed by atoms with Gasteiger partial charge >= 0.3 is 6.03 Å². The van der Waals surface area contributed by atoms with E-state index in [0.29, 0.717) is 18.9 Å². The number of urea groups is 1. The van der Waals surface area contributed by atoms with Crippen molar-refractivity contribution in [3.05, 3.63) is 0 Å². The van der Waals surface area contributed by atoms with Crippen molar-refractivity contribution in [2.24, 2.45) is 5.92 Å². The highest BCUT2D eigenvalue weighted by Crippen LogP contribution is 2.29. The highest BCUT2D eigenvalue weighted by atomic mass is 32.2. The SMILES string of the molecule is N=CCNC(=O)CCCCC[C@@H]1CSC[C@@H]2NC(=O)N[C@H]12. The van der Waals surface area contributed by atoms with E-state index < -0.39 is 0 Å². The molecule has 2 rings (SSSR count). The van der Waals surface area contributed by atoms with Crippen LogP contribution in [-0.2, 0) is 4.79 Å². The van der Waals surface area contributed by atoms with Gasteiger partial charge in [0.25, 0.3) is 0 Å². The summed E-state index contributed by atoms with van der Waals surface area (Å²) in [6.07, 6.45) is 5.87. The van der Waals surface area contributed by atoms with Gasteiger partial charge in [0, 0.05) is 18.4 Å². The van der Waals surface area contributed by atoms with Crippen molar-refractivity contribution in [2.45, 2.75) is 44.2 Å². The molecule has 0 aromatic rings. The topological polar surface area (TPSA) is 94.1 Å². The number of amides is 3. The van der Waals surface area contributed by atoms with Crippen LogP contribution in [0.15, 0.2) is 0 Å². The Morgan fingerprint density at radius 3 is 3.00 bits per heavy atom. The van der Waals surface area contributed by atoms with E-state index in [2.05, 4.69) is 16.0 Å². The fourth-order valence-corrected chi connectivity index (χ4v) is 4.34. The molecule has 2 aliphatic heterocycles. The van der Waals surface area contributed by atoms with E-state index in [4.69, 9.17) is 5.41 Å². The van der Waals surface area contributed by atoms with Crippen molar-refractivity contribution in [3.63, 3.8) is 0 Å². The number of fused-ring (bicyclic) bond motifs is 1. The molecule has 2 heterocycles. The number of rotatable bonds is 8. The normalized spacial score (nSPS) is 27.4. The Bertz CT molecular complexity index is 391. The number of hydrogen-bond donors (Lipinski definition) is 4. The van der Waals surface area contributed by atoms with Gasteiger partial charge in [0.05, 0.1) is 18.6 Å². The number of unbranched alkanes of at least 4 members (excludes halogenated alkanes) is 2. The predicted octanol–water partition coefficient (Wildman–Crippen LogP) is 1.12. The second-order valence-corrected chi connectivity index (χ2v) is 6.73. The summed E-state index contributed by atoms with van der Waals surface area (Å²) in [7, 11) is 0. The largest absolute Gasteiger partial charge is 0.351 e. The van der Waals surface area contributed by atoms with Gasteiger partial charge in [-0.3, -0.25) is 4.79 Å². The summed E-state index contributed by atoms with van der Waals surface area (Å²) < 4.78 is 0. The smallest absolute Gasteiger partial charge is 0.315 e. The maximum absolute atomic E-state index is 11.4. The lowest BCUT2D eigenvalue weighted by Gasteiger charge is -2.32. The number of carbonyl (C=O) groups excluding carboxylic acids is 2. The van der Waals surface area contributed by atoms with Gasteiger partial charge in [0.15, 0.2) is 0 Å². The molecular weight excluding hydrogens is 288 g/mol. The number of thioether (sulfide) groups is 1. The van der Waals surface area contributed by atoms with Crippen LogP contribution in [0, 0.1) is 11.3 Å². The van der Waals surface area contributed by atoms with Crippen molar-refractivity contribution < 1.29 is 9.59 Å². The Morgan fingerprint density at radius 2 is 2.19 bits per heavy atom.